The number of aliphatic hydroxyl groups is 1. The highest BCUT2D eigenvalue weighted by molar-refractivity contribution is 5.46. The minimum absolute atomic E-state index is 0.528. The number of rotatable bonds is 15. The predicted octanol–water partition coefficient (Wildman–Crippen LogP) is 6.21. The van der Waals surface area contributed by atoms with Crippen LogP contribution in [0.25, 0.3) is 0 Å². The Morgan fingerprint density at radius 1 is 0.912 bits per heavy atom. The molecule has 0 fully saturated rings. The molecule has 0 aliphatic carbocycles. The zero-order valence-corrected chi connectivity index (χ0v) is 20.2. The van der Waals surface area contributed by atoms with E-state index < -0.39 is 5.60 Å². The molecule has 2 aromatic heterocycles. The molecular formula is C28H35NO5. The maximum Gasteiger partial charge on any atom is 0.165 e. The summed E-state index contributed by atoms with van der Waals surface area (Å²) < 4.78 is 22.9. The van der Waals surface area contributed by atoms with E-state index in [4.69, 9.17) is 18.3 Å². The second kappa shape index (κ2) is 12.3. The van der Waals surface area contributed by atoms with Gasteiger partial charge in [-0.2, -0.15) is 0 Å². The van der Waals surface area contributed by atoms with E-state index in [2.05, 4.69) is 18.1 Å². The number of para-hydroxylation sites is 1. The zero-order valence-electron chi connectivity index (χ0n) is 20.2. The second-order valence-electron chi connectivity index (χ2n) is 8.33. The first kappa shape index (κ1) is 25.4. The van der Waals surface area contributed by atoms with Crippen LogP contribution in [0.3, 0.4) is 0 Å². The summed E-state index contributed by atoms with van der Waals surface area (Å²) in [5, 5.41) is 11.3. The Labute approximate surface area is 202 Å². The van der Waals surface area contributed by atoms with Gasteiger partial charge in [-0.05, 0) is 56.0 Å². The highest BCUT2D eigenvalue weighted by Crippen LogP contribution is 2.35. The van der Waals surface area contributed by atoms with Crippen molar-refractivity contribution in [3.8, 4) is 11.5 Å². The number of furan rings is 2. The SMILES string of the molecule is C=CCCC(O)(CCC=C)c1ccc(CN(Cc2ccco2)Cc2cccc(OC)c2OC)o1. The normalized spacial score (nSPS) is 11.5. The number of nitrogens with zero attached hydrogens (tertiary/aromatic N) is 1. The highest BCUT2D eigenvalue weighted by atomic mass is 16.5. The molecule has 0 unspecified atom stereocenters. The van der Waals surface area contributed by atoms with Gasteiger partial charge in [0.15, 0.2) is 11.5 Å². The van der Waals surface area contributed by atoms with Gasteiger partial charge in [-0.1, -0.05) is 24.3 Å². The van der Waals surface area contributed by atoms with Gasteiger partial charge in [-0.3, -0.25) is 4.90 Å². The monoisotopic (exact) mass is 465 g/mol. The van der Waals surface area contributed by atoms with Gasteiger partial charge >= 0.3 is 0 Å². The van der Waals surface area contributed by atoms with Crippen LogP contribution in [0.2, 0.25) is 0 Å². The summed E-state index contributed by atoms with van der Waals surface area (Å²) in [5.41, 5.74) is -0.0590. The molecule has 1 N–H and O–H groups in total. The molecule has 3 rings (SSSR count). The lowest BCUT2D eigenvalue weighted by Crippen LogP contribution is -2.25. The van der Waals surface area contributed by atoms with Gasteiger partial charge in [0.05, 0.1) is 33.6 Å². The van der Waals surface area contributed by atoms with Gasteiger partial charge in [0.2, 0.25) is 0 Å². The van der Waals surface area contributed by atoms with E-state index >= 15 is 0 Å². The van der Waals surface area contributed by atoms with Crippen molar-refractivity contribution >= 4 is 0 Å². The van der Waals surface area contributed by atoms with Gasteiger partial charge in [-0.25, -0.2) is 0 Å². The summed E-state index contributed by atoms with van der Waals surface area (Å²) in [7, 11) is 3.27. The summed E-state index contributed by atoms with van der Waals surface area (Å²) in [5.74, 6) is 3.58. The van der Waals surface area contributed by atoms with Crippen LogP contribution in [0, 0.1) is 0 Å². The molecule has 34 heavy (non-hydrogen) atoms. The fourth-order valence-electron chi connectivity index (χ4n) is 4.10. The van der Waals surface area contributed by atoms with Gasteiger partial charge in [0.25, 0.3) is 0 Å². The highest BCUT2D eigenvalue weighted by Gasteiger charge is 2.31. The Balaban J connectivity index is 1.84. The van der Waals surface area contributed by atoms with E-state index in [9.17, 15) is 5.11 Å². The van der Waals surface area contributed by atoms with Gasteiger partial charge in [-0.15, -0.1) is 13.2 Å². The number of benzene rings is 1. The second-order valence-corrected chi connectivity index (χ2v) is 8.33. The summed E-state index contributed by atoms with van der Waals surface area (Å²) in [6.45, 7) is 9.28. The molecule has 0 atom stereocenters. The topological polar surface area (TPSA) is 68.2 Å². The molecule has 1 aromatic carbocycles. The average Bonchev–Trinajstić information content (AvgIpc) is 3.54. The van der Waals surface area contributed by atoms with Crippen molar-refractivity contribution in [1.82, 2.24) is 4.90 Å². The minimum atomic E-state index is -1.05. The Morgan fingerprint density at radius 3 is 2.26 bits per heavy atom. The van der Waals surface area contributed by atoms with Crippen LogP contribution >= 0.6 is 0 Å². The van der Waals surface area contributed by atoms with Crippen LogP contribution in [0.15, 0.2) is 82.9 Å². The molecule has 0 aliphatic heterocycles. The Hall–Kier alpha value is -3.22. The average molecular weight is 466 g/mol. The minimum Gasteiger partial charge on any atom is -0.493 e. The molecule has 0 bridgehead atoms. The molecule has 0 spiro atoms. The molecule has 0 saturated carbocycles. The van der Waals surface area contributed by atoms with E-state index in [-0.39, 0.29) is 0 Å². The van der Waals surface area contributed by atoms with E-state index in [1.165, 1.54) is 0 Å². The smallest absolute Gasteiger partial charge is 0.165 e. The van der Waals surface area contributed by atoms with Crippen molar-refractivity contribution in [2.45, 2.75) is 50.9 Å². The third-order valence-corrected chi connectivity index (χ3v) is 5.86. The van der Waals surface area contributed by atoms with Gasteiger partial charge < -0.3 is 23.4 Å². The van der Waals surface area contributed by atoms with Crippen molar-refractivity contribution in [3.05, 3.63) is 96.9 Å². The van der Waals surface area contributed by atoms with Crippen molar-refractivity contribution in [2.75, 3.05) is 14.2 Å². The summed E-state index contributed by atoms with van der Waals surface area (Å²) in [6.07, 6.45) is 7.80. The molecule has 3 aromatic rings. The molecule has 2 heterocycles. The van der Waals surface area contributed by atoms with Crippen LogP contribution in [-0.2, 0) is 25.2 Å². The molecule has 182 valence electrons. The van der Waals surface area contributed by atoms with Crippen LogP contribution < -0.4 is 9.47 Å². The fraction of sp³-hybridized carbons (Fsp3) is 0.357. The van der Waals surface area contributed by atoms with Gasteiger partial charge in [0.1, 0.15) is 22.9 Å². The van der Waals surface area contributed by atoms with Crippen LogP contribution in [-0.4, -0.2) is 24.2 Å². The lowest BCUT2D eigenvalue weighted by Gasteiger charge is -2.25. The molecule has 0 amide bonds. The molecule has 6 heteroatoms. The summed E-state index contributed by atoms with van der Waals surface area (Å²) in [6, 6.07) is 13.5. The van der Waals surface area contributed by atoms with Crippen molar-refractivity contribution in [1.29, 1.82) is 0 Å². The van der Waals surface area contributed by atoms with E-state index in [0.717, 1.165) is 17.1 Å². The lowest BCUT2D eigenvalue weighted by atomic mass is 9.89. The standard InChI is InChI=1S/C28H35NO5/c1-5-7-16-28(30,17-8-6-2)26-15-14-24(34-26)21-29(20-23-12-10-18-33-23)19-22-11-9-13-25(31-3)27(22)32-4/h5-6,9-15,18,30H,1-2,7-8,16-17,19-21H2,3-4H3. The van der Waals surface area contributed by atoms with Crippen LogP contribution in [0.5, 0.6) is 11.5 Å². The van der Waals surface area contributed by atoms with Crippen molar-refractivity contribution in [2.24, 2.45) is 0 Å². The lowest BCUT2D eigenvalue weighted by molar-refractivity contribution is -0.00224. The number of hydrogen-bond acceptors (Lipinski definition) is 6. The first-order valence-electron chi connectivity index (χ1n) is 11.5. The maximum absolute atomic E-state index is 11.3. The molecule has 0 radical (unpaired) electrons. The van der Waals surface area contributed by atoms with E-state index in [1.807, 2.05) is 54.6 Å². The zero-order chi connectivity index (χ0) is 24.4. The molecule has 0 saturated heterocycles. The third kappa shape index (κ3) is 6.43. The maximum atomic E-state index is 11.3. The van der Waals surface area contributed by atoms with E-state index in [0.29, 0.717) is 62.6 Å². The first-order valence-corrected chi connectivity index (χ1v) is 11.5. The molecule has 0 aliphatic rings. The van der Waals surface area contributed by atoms with E-state index in [1.54, 1.807) is 20.5 Å². The predicted molar refractivity (Wildman–Crippen MR) is 133 cm³/mol. The Kier molecular flexibility index (Phi) is 9.19. The largest absolute Gasteiger partial charge is 0.493 e. The summed E-state index contributed by atoms with van der Waals surface area (Å²) in [4.78, 5) is 2.20. The van der Waals surface area contributed by atoms with Gasteiger partial charge in [0, 0.05) is 12.1 Å². The Bertz CT molecular complexity index is 1030. The Morgan fingerprint density at radius 2 is 1.65 bits per heavy atom. The number of allylic oxidation sites excluding steroid dienone is 2. The number of ether oxygens (including phenoxy) is 2. The third-order valence-electron chi connectivity index (χ3n) is 5.86. The first-order chi connectivity index (χ1) is 16.5. The fourth-order valence-corrected chi connectivity index (χ4v) is 4.10. The number of hydrogen-bond donors (Lipinski definition) is 1. The number of methoxy groups -OCH3 is 2. The van der Waals surface area contributed by atoms with Crippen LogP contribution in [0.1, 0.15) is 48.5 Å². The molecular weight excluding hydrogens is 430 g/mol. The summed E-state index contributed by atoms with van der Waals surface area (Å²) >= 11 is 0. The van der Waals surface area contributed by atoms with Crippen molar-refractivity contribution < 1.29 is 23.4 Å². The van der Waals surface area contributed by atoms with Crippen molar-refractivity contribution in [3.63, 3.8) is 0 Å². The molecule has 6 nitrogen and oxygen atoms in total. The quantitative estimate of drug-likeness (QED) is 0.269. The van der Waals surface area contributed by atoms with Crippen LogP contribution in [0.4, 0.5) is 0 Å².